The number of ether oxygens (including phenoxy) is 3. The van der Waals surface area contributed by atoms with E-state index in [2.05, 4.69) is 27.8 Å². The van der Waals surface area contributed by atoms with Gasteiger partial charge in [-0.2, -0.15) is 0 Å². The Balaban J connectivity index is 0.00000243. The zero-order valence-electron chi connectivity index (χ0n) is 15.0. The molecule has 0 saturated carbocycles. The van der Waals surface area contributed by atoms with Crippen molar-refractivity contribution in [2.45, 2.75) is 13.0 Å². The Morgan fingerprint density at radius 3 is 2.50 bits per heavy atom. The number of guanidine groups is 1. The number of fused-ring (bicyclic) bond motifs is 1. The number of methoxy groups -OCH3 is 1. The highest BCUT2D eigenvalue weighted by Gasteiger charge is 2.13. The number of halogens is 1. The molecule has 0 radical (unpaired) electrons. The molecule has 1 aliphatic rings. The van der Waals surface area contributed by atoms with Crippen LogP contribution >= 0.6 is 24.0 Å². The molecule has 7 heteroatoms. The fraction of sp³-hybridized carbons (Fsp3) is 0.316. The van der Waals surface area contributed by atoms with Gasteiger partial charge in [0, 0.05) is 20.1 Å². The van der Waals surface area contributed by atoms with Crippen molar-refractivity contribution < 1.29 is 14.2 Å². The van der Waals surface area contributed by atoms with Gasteiger partial charge in [-0.1, -0.05) is 18.2 Å². The van der Waals surface area contributed by atoms with Crippen molar-refractivity contribution in [3.63, 3.8) is 0 Å². The molecule has 0 aliphatic carbocycles. The summed E-state index contributed by atoms with van der Waals surface area (Å²) in [6.07, 6.45) is 0.911. The molecule has 3 rings (SSSR count). The van der Waals surface area contributed by atoms with Crippen LogP contribution < -0.4 is 24.8 Å². The smallest absolute Gasteiger partial charge is 0.231 e. The van der Waals surface area contributed by atoms with Gasteiger partial charge in [-0.3, -0.25) is 4.99 Å². The van der Waals surface area contributed by atoms with Crippen molar-refractivity contribution in [1.29, 1.82) is 0 Å². The van der Waals surface area contributed by atoms with E-state index in [1.54, 1.807) is 14.2 Å². The lowest BCUT2D eigenvalue weighted by atomic mass is 10.1. The van der Waals surface area contributed by atoms with Gasteiger partial charge in [-0.05, 0) is 41.8 Å². The molecule has 2 aromatic carbocycles. The fourth-order valence-corrected chi connectivity index (χ4v) is 2.57. The van der Waals surface area contributed by atoms with Crippen molar-refractivity contribution in [1.82, 2.24) is 10.6 Å². The minimum absolute atomic E-state index is 0. The van der Waals surface area contributed by atoms with Crippen LogP contribution in [0.2, 0.25) is 0 Å². The minimum Gasteiger partial charge on any atom is -0.497 e. The summed E-state index contributed by atoms with van der Waals surface area (Å²) in [5, 5.41) is 6.62. The van der Waals surface area contributed by atoms with Crippen LogP contribution in [0, 0.1) is 0 Å². The number of nitrogens with one attached hydrogen (secondary N) is 2. The summed E-state index contributed by atoms with van der Waals surface area (Å²) >= 11 is 0. The zero-order valence-corrected chi connectivity index (χ0v) is 17.3. The standard InChI is InChI=1S/C19H23N3O3.HI/c1-20-19(21-10-9-14-3-6-16(23-2)7-4-14)22-12-15-5-8-17-18(11-15)25-13-24-17;/h3-8,11H,9-10,12-13H2,1-2H3,(H2,20,21,22);1H. The van der Waals surface area contributed by atoms with Crippen LogP contribution in [0.25, 0.3) is 0 Å². The number of aliphatic imine (C=N–C) groups is 1. The molecule has 26 heavy (non-hydrogen) atoms. The second-order valence-electron chi connectivity index (χ2n) is 5.64. The van der Waals surface area contributed by atoms with Crippen LogP contribution in [0.3, 0.4) is 0 Å². The maximum atomic E-state index is 5.40. The summed E-state index contributed by atoms with van der Waals surface area (Å²) in [7, 11) is 3.44. The van der Waals surface area contributed by atoms with Gasteiger partial charge < -0.3 is 24.8 Å². The SMILES string of the molecule is CN=C(NCCc1ccc(OC)cc1)NCc1ccc2c(c1)OCO2.I. The van der Waals surface area contributed by atoms with Gasteiger partial charge in [0.05, 0.1) is 7.11 Å². The average molecular weight is 469 g/mol. The van der Waals surface area contributed by atoms with E-state index < -0.39 is 0 Å². The first-order valence-electron chi connectivity index (χ1n) is 8.24. The van der Waals surface area contributed by atoms with E-state index in [-0.39, 0.29) is 24.0 Å². The lowest BCUT2D eigenvalue weighted by molar-refractivity contribution is 0.174. The highest BCUT2D eigenvalue weighted by atomic mass is 127. The molecule has 0 fully saturated rings. The maximum absolute atomic E-state index is 5.40. The third-order valence-electron chi connectivity index (χ3n) is 3.99. The van der Waals surface area contributed by atoms with E-state index in [1.165, 1.54) is 5.56 Å². The van der Waals surface area contributed by atoms with Crippen LogP contribution in [0.1, 0.15) is 11.1 Å². The van der Waals surface area contributed by atoms with Crippen LogP contribution in [-0.2, 0) is 13.0 Å². The van der Waals surface area contributed by atoms with Crippen LogP contribution in [0.5, 0.6) is 17.2 Å². The van der Waals surface area contributed by atoms with E-state index in [0.29, 0.717) is 13.3 Å². The Kier molecular flexibility index (Phi) is 7.83. The summed E-state index contributed by atoms with van der Waals surface area (Å²) in [6.45, 7) is 1.76. The van der Waals surface area contributed by atoms with Gasteiger partial charge in [0.15, 0.2) is 17.5 Å². The lowest BCUT2D eigenvalue weighted by Crippen LogP contribution is -2.37. The third-order valence-corrected chi connectivity index (χ3v) is 3.99. The molecule has 2 aromatic rings. The molecule has 0 spiro atoms. The summed E-state index contributed by atoms with van der Waals surface area (Å²) < 4.78 is 15.9. The lowest BCUT2D eigenvalue weighted by Gasteiger charge is -2.12. The molecular weight excluding hydrogens is 445 g/mol. The number of hydrogen-bond donors (Lipinski definition) is 2. The molecule has 0 saturated heterocycles. The fourth-order valence-electron chi connectivity index (χ4n) is 2.57. The van der Waals surface area contributed by atoms with Crippen molar-refractivity contribution in [2.24, 2.45) is 4.99 Å². The molecule has 0 amide bonds. The molecule has 1 aliphatic heterocycles. The number of nitrogens with zero attached hydrogens (tertiary/aromatic N) is 1. The monoisotopic (exact) mass is 469 g/mol. The molecule has 1 heterocycles. The highest BCUT2D eigenvalue weighted by molar-refractivity contribution is 14.0. The maximum Gasteiger partial charge on any atom is 0.231 e. The Bertz CT molecular complexity index is 735. The van der Waals surface area contributed by atoms with Gasteiger partial charge in [-0.25, -0.2) is 0 Å². The van der Waals surface area contributed by atoms with Crippen molar-refractivity contribution in [3.8, 4) is 17.2 Å². The van der Waals surface area contributed by atoms with Gasteiger partial charge >= 0.3 is 0 Å². The van der Waals surface area contributed by atoms with Crippen molar-refractivity contribution in [3.05, 3.63) is 53.6 Å². The number of rotatable bonds is 6. The molecular formula is C19H24IN3O3. The normalized spacial score (nSPS) is 12.3. The summed E-state index contributed by atoms with van der Waals surface area (Å²) in [5.74, 6) is 3.23. The first-order valence-corrected chi connectivity index (χ1v) is 8.24. The zero-order chi connectivity index (χ0) is 17.5. The number of hydrogen-bond acceptors (Lipinski definition) is 4. The van der Waals surface area contributed by atoms with Crippen LogP contribution in [-0.4, -0.2) is 33.5 Å². The summed E-state index contributed by atoms with van der Waals surface area (Å²) in [4.78, 5) is 4.25. The molecule has 6 nitrogen and oxygen atoms in total. The van der Waals surface area contributed by atoms with E-state index in [1.807, 2.05) is 30.3 Å². The Hall–Kier alpha value is -2.16. The molecule has 2 N–H and O–H groups in total. The topological polar surface area (TPSA) is 64.1 Å². The van der Waals surface area contributed by atoms with E-state index in [0.717, 1.165) is 41.7 Å². The van der Waals surface area contributed by atoms with Gasteiger partial charge in [0.25, 0.3) is 0 Å². The molecule has 0 atom stereocenters. The third kappa shape index (κ3) is 5.42. The second-order valence-corrected chi connectivity index (χ2v) is 5.64. The predicted octanol–water partition coefficient (Wildman–Crippen LogP) is 2.95. The predicted molar refractivity (Wildman–Crippen MR) is 113 cm³/mol. The van der Waals surface area contributed by atoms with Crippen LogP contribution in [0.15, 0.2) is 47.5 Å². The van der Waals surface area contributed by atoms with E-state index >= 15 is 0 Å². The van der Waals surface area contributed by atoms with Crippen molar-refractivity contribution in [2.75, 3.05) is 27.5 Å². The van der Waals surface area contributed by atoms with E-state index in [9.17, 15) is 0 Å². The molecule has 0 bridgehead atoms. The minimum atomic E-state index is 0. The van der Waals surface area contributed by atoms with Gasteiger partial charge in [-0.15, -0.1) is 24.0 Å². The average Bonchev–Trinajstić information content (AvgIpc) is 3.12. The first kappa shape index (κ1) is 20.2. The Morgan fingerprint density at radius 2 is 1.77 bits per heavy atom. The first-order chi connectivity index (χ1) is 12.3. The van der Waals surface area contributed by atoms with E-state index in [4.69, 9.17) is 14.2 Å². The number of benzene rings is 2. The molecule has 140 valence electrons. The largest absolute Gasteiger partial charge is 0.497 e. The summed E-state index contributed by atoms with van der Waals surface area (Å²) in [6, 6.07) is 14.0. The highest BCUT2D eigenvalue weighted by Crippen LogP contribution is 2.32. The second kappa shape index (κ2) is 10.1. The Labute approximate surface area is 171 Å². The van der Waals surface area contributed by atoms with Gasteiger partial charge in [0.2, 0.25) is 6.79 Å². The van der Waals surface area contributed by atoms with Crippen molar-refractivity contribution >= 4 is 29.9 Å². The Morgan fingerprint density at radius 1 is 1.04 bits per heavy atom. The molecule has 0 aromatic heterocycles. The molecule has 0 unspecified atom stereocenters. The van der Waals surface area contributed by atoms with Crippen LogP contribution in [0.4, 0.5) is 0 Å². The summed E-state index contributed by atoms with van der Waals surface area (Å²) in [5.41, 5.74) is 2.36. The quantitative estimate of drug-likeness (QED) is 0.387. The van der Waals surface area contributed by atoms with Gasteiger partial charge in [0.1, 0.15) is 5.75 Å².